The predicted octanol–water partition coefficient (Wildman–Crippen LogP) is 16.4. The number of benzene rings is 2. The first kappa shape index (κ1) is 43.9. The molecule has 0 radical (unpaired) electrons. The second-order valence-corrected chi connectivity index (χ2v) is 16.4. The van der Waals surface area contributed by atoms with Crippen LogP contribution in [-0.2, 0) is 0 Å². The average Bonchev–Trinajstić information content (AvgIpc) is 3.11. The molecular formula is C46H73Br2N. The van der Waals surface area contributed by atoms with Crippen LogP contribution < -0.4 is 4.90 Å². The van der Waals surface area contributed by atoms with Crippen LogP contribution in [-0.4, -0.2) is 13.1 Å². The van der Waals surface area contributed by atoms with E-state index < -0.39 is 0 Å². The summed E-state index contributed by atoms with van der Waals surface area (Å²) in [5.41, 5.74) is 3.44. The molecule has 0 aliphatic carbocycles. The van der Waals surface area contributed by atoms with Crippen molar-refractivity contribution >= 4 is 37.5 Å². The van der Waals surface area contributed by atoms with Crippen molar-refractivity contribution in [3.8, 4) is 11.8 Å². The van der Waals surface area contributed by atoms with Crippen LogP contribution >= 0.6 is 31.9 Å². The van der Waals surface area contributed by atoms with E-state index in [9.17, 15) is 0 Å². The van der Waals surface area contributed by atoms with Gasteiger partial charge in [0.05, 0.1) is 0 Å². The van der Waals surface area contributed by atoms with Crippen molar-refractivity contribution in [1.82, 2.24) is 0 Å². The van der Waals surface area contributed by atoms with Crippen LogP contribution in [0.5, 0.6) is 0 Å². The molecule has 0 N–H and O–H groups in total. The highest BCUT2D eigenvalue weighted by Crippen LogP contribution is 2.22. The number of anilines is 1. The Morgan fingerprint density at radius 2 is 0.796 bits per heavy atom. The number of hydrogen-bond donors (Lipinski definition) is 0. The molecule has 0 bridgehead atoms. The fourth-order valence-corrected chi connectivity index (χ4v) is 7.56. The topological polar surface area (TPSA) is 3.24 Å². The Kier molecular flexibility index (Phi) is 28.2. The lowest BCUT2D eigenvalue weighted by Crippen LogP contribution is -2.25. The predicted molar refractivity (Wildman–Crippen MR) is 227 cm³/mol. The van der Waals surface area contributed by atoms with E-state index in [-0.39, 0.29) is 0 Å². The summed E-state index contributed by atoms with van der Waals surface area (Å²) in [6.07, 6.45) is 39.6. The van der Waals surface area contributed by atoms with Gasteiger partial charge in [-0.3, -0.25) is 0 Å². The Morgan fingerprint density at radius 3 is 1.18 bits per heavy atom. The zero-order valence-electron chi connectivity index (χ0n) is 32.0. The quantitative estimate of drug-likeness (QED) is 0.0542. The van der Waals surface area contributed by atoms with Crippen molar-refractivity contribution in [2.75, 3.05) is 18.0 Å². The molecule has 276 valence electrons. The first-order chi connectivity index (χ1) is 24.1. The second kappa shape index (κ2) is 31.5. The second-order valence-electron chi connectivity index (χ2n) is 14.6. The Labute approximate surface area is 321 Å². The van der Waals surface area contributed by atoms with E-state index >= 15 is 0 Å². The molecule has 49 heavy (non-hydrogen) atoms. The minimum Gasteiger partial charge on any atom is -0.372 e. The molecule has 0 amide bonds. The van der Waals surface area contributed by atoms with Crippen LogP contribution in [0.15, 0.2) is 51.4 Å². The van der Waals surface area contributed by atoms with Gasteiger partial charge in [0, 0.05) is 38.8 Å². The number of hydrogen-bond acceptors (Lipinski definition) is 1. The molecule has 0 aliphatic rings. The molecule has 2 aromatic carbocycles. The molecule has 0 saturated carbocycles. The van der Waals surface area contributed by atoms with Crippen molar-refractivity contribution < 1.29 is 0 Å². The van der Waals surface area contributed by atoms with E-state index in [1.165, 1.54) is 199 Å². The third-order valence-corrected chi connectivity index (χ3v) is 11.3. The van der Waals surface area contributed by atoms with Gasteiger partial charge in [-0.15, -0.1) is 0 Å². The van der Waals surface area contributed by atoms with Crippen LogP contribution in [0.1, 0.15) is 205 Å². The summed E-state index contributed by atoms with van der Waals surface area (Å²) in [4.78, 5) is 2.66. The lowest BCUT2D eigenvalue weighted by molar-refractivity contribution is 0.529. The fourth-order valence-electron chi connectivity index (χ4n) is 6.85. The van der Waals surface area contributed by atoms with Crippen molar-refractivity contribution in [2.45, 2.75) is 194 Å². The molecule has 0 fully saturated rings. The summed E-state index contributed by atoms with van der Waals surface area (Å²) in [5.74, 6) is 6.71. The maximum absolute atomic E-state index is 3.63. The zero-order chi connectivity index (χ0) is 35.0. The molecule has 0 atom stereocenters. The molecule has 0 saturated heterocycles. The summed E-state index contributed by atoms with van der Waals surface area (Å²) in [7, 11) is 0. The van der Waals surface area contributed by atoms with E-state index in [0.717, 1.165) is 20.1 Å². The van der Waals surface area contributed by atoms with Gasteiger partial charge < -0.3 is 4.90 Å². The maximum atomic E-state index is 3.63. The minimum absolute atomic E-state index is 1.01. The van der Waals surface area contributed by atoms with Crippen molar-refractivity contribution in [3.63, 3.8) is 0 Å². The molecule has 2 rings (SSSR count). The number of unbranched alkanes of at least 4 members (excludes halogenated alkanes) is 26. The molecule has 0 aliphatic heterocycles. The Bertz CT molecular complexity index is 1070. The molecular weight excluding hydrogens is 726 g/mol. The van der Waals surface area contributed by atoms with E-state index in [1.807, 2.05) is 12.1 Å². The van der Waals surface area contributed by atoms with Crippen LogP contribution in [0, 0.1) is 11.8 Å². The van der Waals surface area contributed by atoms with Crippen LogP contribution in [0.25, 0.3) is 0 Å². The SMILES string of the molecule is CCCCCCCCCCCCCCCCN(CCCCCCCCCCCCCCCC)c1ccc(C#Cc2cc(Br)ccc2Br)cc1. The van der Waals surface area contributed by atoms with Crippen molar-refractivity contribution in [1.29, 1.82) is 0 Å². The normalized spacial score (nSPS) is 11.1. The number of halogens is 2. The zero-order valence-corrected chi connectivity index (χ0v) is 35.1. The maximum Gasteiger partial charge on any atom is 0.0402 e. The summed E-state index contributed by atoms with van der Waals surface area (Å²) in [6.45, 7) is 6.96. The van der Waals surface area contributed by atoms with Crippen LogP contribution in [0.4, 0.5) is 5.69 Å². The van der Waals surface area contributed by atoms with Crippen molar-refractivity contribution in [2.24, 2.45) is 0 Å². The average molecular weight is 800 g/mol. The third kappa shape index (κ3) is 23.8. The van der Waals surface area contributed by atoms with Gasteiger partial charge in [-0.25, -0.2) is 0 Å². The van der Waals surface area contributed by atoms with Gasteiger partial charge in [-0.1, -0.05) is 209 Å². The summed E-state index contributed by atoms with van der Waals surface area (Å²) in [6, 6.07) is 15.2. The fraction of sp³-hybridized carbons (Fsp3) is 0.696. The summed E-state index contributed by atoms with van der Waals surface area (Å²) < 4.78 is 2.09. The molecule has 0 unspecified atom stereocenters. The van der Waals surface area contributed by atoms with Gasteiger partial charge in [0.25, 0.3) is 0 Å². The highest BCUT2D eigenvalue weighted by molar-refractivity contribution is 9.11. The van der Waals surface area contributed by atoms with E-state index in [0.29, 0.717) is 0 Å². The molecule has 0 heterocycles. The number of nitrogens with zero attached hydrogens (tertiary/aromatic N) is 1. The highest BCUT2D eigenvalue weighted by atomic mass is 79.9. The van der Waals surface area contributed by atoms with Gasteiger partial charge in [-0.2, -0.15) is 0 Å². The third-order valence-electron chi connectivity index (χ3n) is 10.1. The molecule has 0 aromatic heterocycles. The van der Waals surface area contributed by atoms with E-state index in [4.69, 9.17) is 0 Å². The first-order valence-corrected chi connectivity index (χ1v) is 22.5. The molecule has 3 heteroatoms. The highest BCUT2D eigenvalue weighted by Gasteiger charge is 2.07. The lowest BCUT2D eigenvalue weighted by Gasteiger charge is -2.25. The molecule has 0 spiro atoms. The Morgan fingerprint density at radius 1 is 0.429 bits per heavy atom. The Hall–Kier alpha value is -1.24. The monoisotopic (exact) mass is 797 g/mol. The molecule has 1 nitrogen and oxygen atoms in total. The minimum atomic E-state index is 1.01. The summed E-state index contributed by atoms with van der Waals surface area (Å²) >= 11 is 7.20. The van der Waals surface area contributed by atoms with Gasteiger partial charge in [0.15, 0.2) is 0 Å². The van der Waals surface area contributed by atoms with Gasteiger partial charge >= 0.3 is 0 Å². The smallest absolute Gasteiger partial charge is 0.0402 e. The van der Waals surface area contributed by atoms with Crippen molar-refractivity contribution in [3.05, 3.63) is 62.5 Å². The first-order valence-electron chi connectivity index (χ1n) is 21.0. The lowest BCUT2D eigenvalue weighted by atomic mass is 10.0. The Balaban J connectivity index is 1.70. The van der Waals surface area contributed by atoms with Gasteiger partial charge in [0.1, 0.15) is 0 Å². The van der Waals surface area contributed by atoms with Crippen LogP contribution in [0.3, 0.4) is 0 Å². The summed E-state index contributed by atoms with van der Waals surface area (Å²) in [5, 5.41) is 0. The standard InChI is InChI=1S/C46H73Br2N/c1-3-5-7-9-11-13-15-17-19-21-23-25-27-29-39-49(40-30-28-26-24-22-20-18-16-14-12-10-8-6-4-2)45-36-32-42(33-37-45)31-34-43-41-44(47)35-38-46(43)48/h32-33,35-38,41H,3-30,39-40H2,1-2H3. The van der Waals surface area contributed by atoms with E-state index in [2.05, 4.69) is 92.8 Å². The largest absolute Gasteiger partial charge is 0.372 e. The number of rotatable bonds is 31. The van der Waals surface area contributed by atoms with Gasteiger partial charge in [-0.05, 0) is 71.2 Å². The van der Waals surface area contributed by atoms with E-state index in [1.54, 1.807) is 0 Å². The van der Waals surface area contributed by atoms with Gasteiger partial charge in [0.2, 0.25) is 0 Å². The van der Waals surface area contributed by atoms with Crippen LogP contribution in [0.2, 0.25) is 0 Å². The molecule has 2 aromatic rings.